The van der Waals surface area contributed by atoms with Gasteiger partial charge in [0.1, 0.15) is 11.5 Å². The summed E-state index contributed by atoms with van der Waals surface area (Å²) in [7, 11) is -3.13. The average molecular weight is 452 g/mol. The van der Waals surface area contributed by atoms with Crippen LogP contribution in [0.4, 0.5) is 0 Å². The SMILES string of the molecule is CS(=O)(=O)N1CCN(CCNC(=O)C2c3ccccc3Oc3ccccc32)CC1.Cl. The standard InChI is InChI=1S/C21H25N3O4S.ClH/c1-29(26,27)24-14-12-23(13-15-24)11-10-22-21(25)20-16-6-2-4-8-18(16)28-19-9-5-3-7-17(19)20;/h2-9,20H,10-15H2,1H3,(H,22,25);1H. The first-order chi connectivity index (χ1) is 13.9. The predicted molar refractivity (Wildman–Crippen MR) is 118 cm³/mol. The summed E-state index contributed by atoms with van der Waals surface area (Å²) in [6.07, 6.45) is 1.24. The molecular formula is C21H26ClN3O4S. The third kappa shape index (κ3) is 4.78. The Morgan fingerprint density at radius 2 is 1.53 bits per heavy atom. The van der Waals surface area contributed by atoms with E-state index in [9.17, 15) is 13.2 Å². The van der Waals surface area contributed by atoms with Gasteiger partial charge < -0.3 is 10.1 Å². The first-order valence-corrected chi connectivity index (χ1v) is 11.6. The maximum Gasteiger partial charge on any atom is 0.232 e. The largest absolute Gasteiger partial charge is 0.457 e. The van der Waals surface area contributed by atoms with E-state index in [1.165, 1.54) is 10.6 Å². The predicted octanol–water partition coefficient (Wildman–Crippen LogP) is 2.04. The van der Waals surface area contributed by atoms with Gasteiger partial charge in [0.15, 0.2) is 0 Å². The van der Waals surface area contributed by atoms with Gasteiger partial charge in [0.2, 0.25) is 15.9 Å². The molecule has 1 N–H and O–H groups in total. The minimum absolute atomic E-state index is 0. The number of sulfonamides is 1. The first kappa shape index (κ1) is 22.6. The fourth-order valence-electron chi connectivity index (χ4n) is 3.92. The molecule has 4 rings (SSSR count). The van der Waals surface area contributed by atoms with Gasteiger partial charge in [-0.3, -0.25) is 9.69 Å². The number of carbonyl (C=O) groups is 1. The molecule has 1 amide bonds. The van der Waals surface area contributed by atoms with Gasteiger partial charge in [-0.05, 0) is 12.1 Å². The van der Waals surface area contributed by atoms with Crippen LogP contribution >= 0.6 is 12.4 Å². The number of fused-ring (bicyclic) bond motifs is 2. The van der Waals surface area contributed by atoms with Gasteiger partial charge in [-0.2, -0.15) is 4.31 Å². The molecule has 0 aromatic heterocycles. The summed E-state index contributed by atoms with van der Waals surface area (Å²) in [5, 5.41) is 3.05. The number of amides is 1. The number of carbonyl (C=O) groups excluding carboxylic acids is 1. The molecule has 0 unspecified atom stereocenters. The number of piperazine rings is 1. The van der Waals surface area contributed by atoms with Crippen LogP contribution in [0, 0.1) is 0 Å². The quantitative estimate of drug-likeness (QED) is 0.752. The van der Waals surface area contributed by atoms with Crippen molar-refractivity contribution in [3.63, 3.8) is 0 Å². The number of ether oxygens (including phenoxy) is 1. The van der Waals surface area contributed by atoms with Crippen molar-refractivity contribution in [2.24, 2.45) is 0 Å². The third-order valence-corrected chi connectivity index (χ3v) is 6.77. The fourth-order valence-corrected chi connectivity index (χ4v) is 4.74. The van der Waals surface area contributed by atoms with Gasteiger partial charge >= 0.3 is 0 Å². The molecular weight excluding hydrogens is 426 g/mol. The Labute approximate surface area is 183 Å². The molecule has 2 aromatic rings. The minimum Gasteiger partial charge on any atom is -0.457 e. The van der Waals surface area contributed by atoms with Crippen molar-refractivity contribution in [1.82, 2.24) is 14.5 Å². The molecule has 162 valence electrons. The third-order valence-electron chi connectivity index (χ3n) is 5.47. The second kappa shape index (κ2) is 9.34. The molecule has 2 aliphatic rings. The number of para-hydroxylation sites is 2. The van der Waals surface area contributed by atoms with E-state index in [-0.39, 0.29) is 18.3 Å². The van der Waals surface area contributed by atoms with Crippen LogP contribution in [0.2, 0.25) is 0 Å². The Kier molecular flexibility index (Phi) is 7.02. The number of benzene rings is 2. The summed E-state index contributed by atoms with van der Waals surface area (Å²) in [5.41, 5.74) is 1.73. The van der Waals surface area contributed by atoms with Crippen LogP contribution in [0.25, 0.3) is 0 Å². The number of nitrogens with zero attached hydrogens (tertiary/aromatic N) is 2. The average Bonchev–Trinajstić information content (AvgIpc) is 2.71. The Morgan fingerprint density at radius 3 is 2.07 bits per heavy atom. The molecule has 0 spiro atoms. The summed E-state index contributed by atoms with van der Waals surface area (Å²) in [6, 6.07) is 15.3. The fraction of sp³-hybridized carbons (Fsp3) is 0.381. The van der Waals surface area contributed by atoms with Gasteiger partial charge in [0.25, 0.3) is 0 Å². The van der Waals surface area contributed by atoms with Gasteiger partial charge in [-0.15, -0.1) is 12.4 Å². The molecule has 0 atom stereocenters. The molecule has 0 aliphatic carbocycles. The van der Waals surface area contributed by atoms with E-state index in [1.807, 2.05) is 48.5 Å². The highest BCUT2D eigenvalue weighted by Gasteiger charge is 2.32. The molecule has 9 heteroatoms. The van der Waals surface area contributed by atoms with Gasteiger partial charge in [0, 0.05) is 50.4 Å². The van der Waals surface area contributed by atoms with Crippen LogP contribution in [-0.2, 0) is 14.8 Å². The molecule has 2 aromatic carbocycles. The summed E-state index contributed by atoms with van der Waals surface area (Å²) in [4.78, 5) is 15.3. The van der Waals surface area contributed by atoms with Crippen LogP contribution in [-0.4, -0.2) is 69.1 Å². The zero-order valence-electron chi connectivity index (χ0n) is 16.8. The van der Waals surface area contributed by atoms with Crippen LogP contribution in [0.15, 0.2) is 48.5 Å². The number of hydrogen-bond acceptors (Lipinski definition) is 5. The molecule has 0 saturated carbocycles. The van der Waals surface area contributed by atoms with E-state index < -0.39 is 15.9 Å². The van der Waals surface area contributed by atoms with Gasteiger partial charge in [-0.1, -0.05) is 36.4 Å². The van der Waals surface area contributed by atoms with Crippen molar-refractivity contribution in [2.75, 3.05) is 45.5 Å². The highest BCUT2D eigenvalue weighted by molar-refractivity contribution is 7.88. The van der Waals surface area contributed by atoms with E-state index in [4.69, 9.17) is 4.74 Å². The van der Waals surface area contributed by atoms with Crippen molar-refractivity contribution in [2.45, 2.75) is 5.92 Å². The second-order valence-corrected chi connectivity index (χ2v) is 9.39. The molecule has 1 saturated heterocycles. The number of halogens is 1. The van der Waals surface area contributed by atoms with E-state index in [0.29, 0.717) is 50.8 Å². The van der Waals surface area contributed by atoms with Crippen molar-refractivity contribution >= 4 is 28.3 Å². The highest BCUT2D eigenvalue weighted by Crippen LogP contribution is 2.43. The molecule has 1 fully saturated rings. The van der Waals surface area contributed by atoms with Crippen LogP contribution in [0.1, 0.15) is 17.0 Å². The zero-order chi connectivity index (χ0) is 20.4. The van der Waals surface area contributed by atoms with E-state index in [1.54, 1.807) is 0 Å². The number of hydrogen-bond donors (Lipinski definition) is 1. The lowest BCUT2D eigenvalue weighted by molar-refractivity contribution is -0.121. The monoisotopic (exact) mass is 451 g/mol. The maximum absolute atomic E-state index is 13.1. The van der Waals surface area contributed by atoms with Crippen LogP contribution < -0.4 is 10.1 Å². The lowest BCUT2D eigenvalue weighted by atomic mass is 9.87. The second-order valence-electron chi connectivity index (χ2n) is 7.41. The number of nitrogens with one attached hydrogen (secondary N) is 1. The van der Waals surface area contributed by atoms with Crippen molar-refractivity contribution in [3.05, 3.63) is 59.7 Å². The van der Waals surface area contributed by atoms with Gasteiger partial charge in [-0.25, -0.2) is 8.42 Å². The van der Waals surface area contributed by atoms with Crippen LogP contribution in [0.3, 0.4) is 0 Å². The molecule has 30 heavy (non-hydrogen) atoms. The number of rotatable bonds is 5. The van der Waals surface area contributed by atoms with Crippen LogP contribution in [0.5, 0.6) is 11.5 Å². The van der Waals surface area contributed by atoms with Crippen molar-refractivity contribution in [1.29, 1.82) is 0 Å². The van der Waals surface area contributed by atoms with E-state index in [0.717, 1.165) is 11.1 Å². The summed E-state index contributed by atoms with van der Waals surface area (Å²) in [5.74, 6) is 0.965. The molecule has 0 radical (unpaired) electrons. The smallest absolute Gasteiger partial charge is 0.232 e. The summed E-state index contributed by atoms with van der Waals surface area (Å²) >= 11 is 0. The van der Waals surface area contributed by atoms with Gasteiger partial charge in [0.05, 0.1) is 12.2 Å². The van der Waals surface area contributed by atoms with Crippen molar-refractivity contribution in [3.8, 4) is 11.5 Å². The molecule has 2 aliphatic heterocycles. The summed E-state index contributed by atoms with van der Waals surface area (Å²) in [6.45, 7) is 3.54. The Bertz CT molecular complexity index is 961. The minimum atomic E-state index is -3.13. The van der Waals surface area contributed by atoms with E-state index in [2.05, 4.69) is 10.2 Å². The lowest BCUT2D eigenvalue weighted by Crippen LogP contribution is -2.50. The topological polar surface area (TPSA) is 79.0 Å². The first-order valence-electron chi connectivity index (χ1n) is 9.74. The maximum atomic E-state index is 13.1. The van der Waals surface area contributed by atoms with E-state index >= 15 is 0 Å². The lowest BCUT2D eigenvalue weighted by Gasteiger charge is -2.33. The Morgan fingerprint density at radius 1 is 1.00 bits per heavy atom. The van der Waals surface area contributed by atoms with Crippen molar-refractivity contribution < 1.29 is 17.9 Å². The molecule has 7 nitrogen and oxygen atoms in total. The summed E-state index contributed by atoms with van der Waals surface area (Å²) < 4.78 is 30.7. The normalized spacial score (nSPS) is 17.2. The molecule has 0 bridgehead atoms. The Hall–Kier alpha value is -2.13. The zero-order valence-corrected chi connectivity index (χ0v) is 18.4. The Balaban J connectivity index is 0.00000256. The highest BCUT2D eigenvalue weighted by atomic mass is 35.5. The molecule has 2 heterocycles.